The van der Waals surface area contributed by atoms with Crippen LogP contribution in [0.3, 0.4) is 0 Å². The van der Waals surface area contributed by atoms with Crippen LogP contribution in [-0.2, 0) is 9.63 Å². The first kappa shape index (κ1) is 20.0. The minimum Gasteiger partial charge on any atom is -0.358 e. The quantitative estimate of drug-likeness (QED) is 0.274. The molecule has 10 heteroatoms. The molecule has 1 amide bonds. The summed E-state index contributed by atoms with van der Waals surface area (Å²) in [6.07, 6.45) is 3.04. The molecule has 0 spiro atoms. The summed E-state index contributed by atoms with van der Waals surface area (Å²) < 4.78 is 13.7. The van der Waals surface area contributed by atoms with Crippen molar-refractivity contribution in [2.75, 3.05) is 10.8 Å². The summed E-state index contributed by atoms with van der Waals surface area (Å²) in [6, 6.07) is 7.20. The molecule has 0 aliphatic carbocycles. The van der Waals surface area contributed by atoms with Gasteiger partial charge in [0.05, 0.1) is 11.1 Å². The maximum absolute atomic E-state index is 13.7. The summed E-state index contributed by atoms with van der Waals surface area (Å²) in [7, 11) is 0. The molecule has 3 heterocycles. The van der Waals surface area contributed by atoms with E-state index in [1.165, 1.54) is 24.4 Å². The molecule has 0 saturated heterocycles. The third-order valence-electron chi connectivity index (χ3n) is 4.88. The van der Waals surface area contributed by atoms with Crippen LogP contribution in [0.15, 0.2) is 41.6 Å². The van der Waals surface area contributed by atoms with E-state index in [0.717, 1.165) is 0 Å². The number of nitrogens with one attached hydrogen (secondary N) is 4. The number of aromatic nitrogens is 2. The van der Waals surface area contributed by atoms with Gasteiger partial charge in [-0.1, -0.05) is 0 Å². The number of rotatable bonds is 5. The van der Waals surface area contributed by atoms with Crippen molar-refractivity contribution in [2.45, 2.75) is 13.8 Å². The van der Waals surface area contributed by atoms with Gasteiger partial charge in [-0.3, -0.25) is 4.79 Å². The first-order valence-electron chi connectivity index (χ1n) is 9.21. The number of hydrogen-bond acceptors (Lipinski definition) is 7. The zero-order valence-corrected chi connectivity index (χ0v) is 16.5. The molecule has 1 aliphatic rings. The van der Waals surface area contributed by atoms with E-state index in [1.54, 1.807) is 32.1 Å². The Bertz CT molecular complexity index is 1260. The number of fused-ring (bicyclic) bond motifs is 1. The second-order valence-corrected chi connectivity index (χ2v) is 6.84. The number of carbonyl (C=O) groups is 2. The lowest BCUT2D eigenvalue weighted by Gasteiger charge is -2.07. The van der Waals surface area contributed by atoms with Gasteiger partial charge in [-0.2, -0.15) is 10.6 Å². The number of pyridine rings is 1. The number of halogens is 1. The fourth-order valence-electron chi connectivity index (χ4n) is 3.38. The number of aromatic amines is 1. The predicted octanol–water partition coefficient (Wildman–Crippen LogP) is 4.50. The van der Waals surface area contributed by atoms with Crippen LogP contribution in [0.2, 0.25) is 0 Å². The van der Waals surface area contributed by atoms with Crippen molar-refractivity contribution >= 4 is 40.7 Å². The van der Waals surface area contributed by atoms with Gasteiger partial charge in [-0.25, -0.2) is 19.7 Å². The second kappa shape index (κ2) is 7.82. The Morgan fingerprint density at radius 1 is 1.32 bits per heavy atom. The van der Waals surface area contributed by atoms with E-state index in [1.807, 2.05) is 0 Å². The number of hydrogen-bond donors (Lipinski definition) is 4. The van der Waals surface area contributed by atoms with Crippen molar-refractivity contribution in [2.24, 2.45) is 5.11 Å². The van der Waals surface area contributed by atoms with Crippen LogP contribution in [-0.4, -0.2) is 21.8 Å². The Labute approximate surface area is 175 Å². The largest absolute Gasteiger partial charge is 0.364 e. The molecular weight excluding hydrogens is 403 g/mol. The van der Waals surface area contributed by atoms with Crippen LogP contribution in [0.5, 0.6) is 0 Å². The zero-order valence-electron chi connectivity index (χ0n) is 16.5. The molecule has 0 unspecified atom stereocenters. The molecule has 9 nitrogen and oxygen atoms in total. The molecule has 3 aromatic rings. The molecule has 0 radical (unpaired) electrons. The highest BCUT2D eigenvalue weighted by Crippen LogP contribution is 2.34. The number of nitrogens with zero attached hydrogens (tertiary/aromatic N) is 2. The summed E-state index contributed by atoms with van der Waals surface area (Å²) in [5.41, 5.74) is 12.9. The summed E-state index contributed by atoms with van der Waals surface area (Å²) >= 11 is 0. The highest BCUT2D eigenvalue weighted by atomic mass is 19.1. The minimum absolute atomic E-state index is 0.125. The maximum atomic E-state index is 13.7. The highest BCUT2D eigenvalue weighted by molar-refractivity contribution is 6.34. The molecule has 0 fully saturated rings. The Kier molecular flexibility index (Phi) is 5.04. The van der Waals surface area contributed by atoms with Gasteiger partial charge in [-0.05, 0) is 55.8 Å². The van der Waals surface area contributed by atoms with Crippen LogP contribution in [0.1, 0.15) is 32.9 Å². The highest BCUT2D eigenvalue weighted by Gasteiger charge is 2.26. The lowest BCUT2D eigenvalue weighted by atomic mass is 10.0. The van der Waals surface area contributed by atoms with E-state index in [0.29, 0.717) is 28.2 Å². The van der Waals surface area contributed by atoms with Crippen LogP contribution >= 0.6 is 0 Å². The summed E-state index contributed by atoms with van der Waals surface area (Å²) in [5.74, 6) is -1.37. The van der Waals surface area contributed by atoms with Crippen LogP contribution in [0, 0.1) is 25.2 Å². The lowest BCUT2D eigenvalue weighted by molar-refractivity contribution is -0.110. The third-order valence-corrected chi connectivity index (χ3v) is 4.88. The van der Waals surface area contributed by atoms with Gasteiger partial charge in [0.2, 0.25) is 0 Å². The fourth-order valence-corrected chi connectivity index (χ4v) is 3.38. The van der Waals surface area contributed by atoms with E-state index >= 15 is 0 Å². The standard InChI is InChI=1S/C21H17FN6O3/c1-10-17(9-14-13-8-12(22)5-6-15(13)26-20(14)29)25-11(2)18(10)21(30)31-28-19-16(27-23)4-3-7-24-19/h3-9,23,25H,1-2H3,(H,24,28)(H,26,29)/b14-9-,27-23?. The zero-order chi connectivity index (χ0) is 22.1. The van der Waals surface area contributed by atoms with Crippen molar-refractivity contribution < 1.29 is 18.8 Å². The number of carbonyl (C=O) groups excluding carboxylic acids is 2. The lowest BCUT2D eigenvalue weighted by Crippen LogP contribution is -2.13. The fraction of sp³-hybridized carbons (Fsp3) is 0.0952. The molecular formula is C21H17FN6O3. The van der Waals surface area contributed by atoms with Crippen LogP contribution in [0.4, 0.5) is 21.6 Å². The number of H-pyrrole nitrogens is 1. The smallest absolute Gasteiger partial charge is 0.358 e. The van der Waals surface area contributed by atoms with Gasteiger partial charge in [0.15, 0.2) is 5.82 Å². The predicted molar refractivity (Wildman–Crippen MR) is 111 cm³/mol. The molecule has 1 aromatic carbocycles. The summed E-state index contributed by atoms with van der Waals surface area (Å²) in [4.78, 5) is 37.2. The summed E-state index contributed by atoms with van der Waals surface area (Å²) in [6.45, 7) is 3.40. The van der Waals surface area contributed by atoms with Crippen molar-refractivity contribution in [1.82, 2.24) is 9.97 Å². The average molecular weight is 420 g/mol. The van der Waals surface area contributed by atoms with Crippen molar-refractivity contribution in [3.8, 4) is 0 Å². The van der Waals surface area contributed by atoms with E-state index in [4.69, 9.17) is 10.4 Å². The Balaban J connectivity index is 1.62. The molecule has 0 atom stereocenters. The Morgan fingerprint density at radius 2 is 2.13 bits per heavy atom. The maximum Gasteiger partial charge on any atom is 0.364 e. The number of amides is 1. The van der Waals surface area contributed by atoms with Gasteiger partial charge in [0.25, 0.3) is 5.91 Å². The SMILES string of the molecule is Cc1[nH]c(/C=C2\C(=O)Nc3ccc(F)cc32)c(C)c1C(=O)ONc1ncccc1N=N. The van der Waals surface area contributed by atoms with Gasteiger partial charge in [-0.15, -0.1) is 0 Å². The van der Waals surface area contributed by atoms with Crippen molar-refractivity contribution in [1.29, 1.82) is 5.53 Å². The molecule has 2 aromatic heterocycles. The number of anilines is 2. The first-order chi connectivity index (χ1) is 14.9. The van der Waals surface area contributed by atoms with E-state index in [-0.39, 0.29) is 28.5 Å². The second-order valence-electron chi connectivity index (χ2n) is 6.84. The molecule has 0 bridgehead atoms. The molecule has 4 rings (SSSR count). The van der Waals surface area contributed by atoms with Crippen molar-refractivity contribution in [3.05, 3.63) is 70.4 Å². The molecule has 4 N–H and O–H groups in total. The van der Waals surface area contributed by atoms with Gasteiger partial charge in [0, 0.05) is 28.8 Å². The van der Waals surface area contributed by atoms with E-state index < -0.39 is 11.8 Å². The Morgan fingerprint density at radius 3 is 2.90 bits per heavy atom. The minimum atomic E-state index is -0.681. The first-order valence-corrected chi connectivity index (χ1v) is 9.21. The van der Waals surface area contributed by atoms with Crippen LogP contribution in [0.25, 0.3) is 11.6 Å². The van der Waals surface area contributed by atoms with Crippen molar-refractivity contribution in [3.63, 3.8) is 0 Å². The molecule has 0 saturated carbocycles. The van der Waals surface area contributed by atoms with Gasteiger partial charge < -0.3 is 15.1 Å². The topological polar surface area (TPSA) is 132 Å². The van der Waals surface area contributed by atoms with E-state index in [2.05, 4.69) is 25.9 Å². The normalized spacial score (nSPS) is 13.6. The third kappa shape index (κ3) is 3.66. The average Bonchev–Trinajstić information content (AvgIpc) is 3.21. The number of aryl methyl sites for hydroxylation is 1. The van der Waals surface area contributed by atoms with Gasteiger partial charge in [0.1, 0.15) is 11.5 Å². The van der Waals surface area contributed by atoms with E-state index in [9.17, 15) is 14.0 Å². The molecule has 31 heavy (non-hydrogen) atoms. The Hall–Kier alpha value is -4.34. The molecule has 156 valence electrons. The van der Waals surface area contributed by atoms with Crippen LogP contribution < -0.4 is 10.8 Å². The monoisotopic (exact) mass is 420 g/mol. The molecule has 1 aliphatic heterocycles. The summed E-state index contributed by atoms with van der Waals surface area (Å²) in [5, 5.41) is 5.99. The number of benzene rings is 1. The van der Waals surface area contributed by atoms with Gasteiger partial charge >= 0.3 is 5.97 Å².